The quantitative estimate of drug-likeness (QED) is 0.653. The van der Waals surface area contributed by atoms with E-state index in [1.165, 1.54) is 38.6 Å². The highest BCUT2D eigenvalue weighted by Gasteiger charge is 2.61. The molecule has 0 aromatic carbocycles. The Bertz CT molecular complexity index is 498. The monoisotopic (exact) mass is 360 g/mol. The van der Waals surface area contributed by atoms with Gasteiger partial charge in [-0.3, -0.25) is 0 Å². The van der Waals surface area contributed by atoms with Crippen LogP contribution < -0.4 is 5.32 Å². The lowest BCUT2D eigenvalue weighted by Gasteiger charge is -2.56. The molecule has 26 heavy (non-hydrogen) atoms. The van der Waals surface area contributed by atoms with Gasteiger partial charge in [0.25, 0.3) is 0 Å². The zero-order valence-corrected chi connectivity index (χ0v) is 18.4. The van der Waals surface area contributed by atoms with Gasteiger partial charge in [0, 0.05) is 18.3 Å². The molecule has 0 amide bonds. The van der Waals surface area contributed by atoms with Gasteiger partial charge in [-0.05, 0) is 73.0 Å². The molecule has 150 valence electrons. The van der Waals surface area contributed by atoms with Crippen LogP contribution in [-0.4, -0.2) is 12.6 Å². The molecule has 0 aromatic heterocycles. The zero-order chi connectivity index (χ0) is 18.5. The van der Waals surface area contributed by atoms with E-state index in [4.69, 9.17) is 0 Å². The van der Waals surface area contributed by atoms with E-state index in [-0.39, 0.29) is 0 Å². The van der Waals surface area contributed by atoms with Crippen LogP contribution in [0, 0.1) is 46.3 Å². The summed E-state index contributed by atoms with van der Waals surface area (Å²) in [7, 11) is 0. The van der Waals surface area contributed by atoms with Gasteiger partial charge in [-0.2, -0.15) is 0 Å². The summed E-state index contributed by atoms with van der Waals surface area (Å²) in [6.07, 6.45) is 15.1. The van der Waals surface area contributed by atoms with Gasteiger partial charge in [-0.25, -0.2) is 0 Å². The Balaban J connectivity index is 1.46. The molecule has 2 N–H and O–H groups in total. The molecule has 1 heteroatoms. The van der Waals surface area contributed by atoms with E-state index >= 15 is 0 Å². The van der Waals surface area contributed by atoms with Crippen molar-refractivity contribution < 1.29 is 5.32 Å². The topological polar surface area (TPSA) is 16.6 Å². The van der Waals surface area contributed by atoms with Crippen molar-refractivity contribution >= 4 is 0 Å². The maximum absolute atomic E-state index is 2.74. The molecule has 0 aromatic rings. The SMILES string of the molecule is CC(C)CCC[C@H](C)[C@@H]1CC[C@H]2[C@H]3CC[C@H]4[NH2+]CC[C@]4(C)[C@@H]3CC[C@@]21C. The van der Waals surface area contributed by atoms with Crippen molar-refractivity contribution in [1.82, 2.24) is 0 Å². The van der Waals surface area contributed by atoms with Crippen molar-refractivity contribution in [2.75, 3.05) is 6.54 Å². The second-order valence-corrected chi connectivity index (χ2v) is 11.9. The van der Waals surface area contributed by atoms with E-state index < -0.39 is 0 Å². The lowest BCUT2D eigenvalue weighted by atomic mass is 9.48. The lowest BCUT2D eigenvalue weighted by molar-refractivity contribution is -0.680. The van der Waals surface area contributed by atoms with Crippen molar-refractivity contribution in [2.45, 2.75) is 105 Å². The molecule has 4 rings (SSSR count). The summed E-state index contributed by atoms with van der Waals surface area (Å²) < 4.78 is 0. The van der Waals surface area contributed by atoms with E-state index in [2.05, 4.69) is 39.9 Å². The number of hydrogen-bond acceptors (Lipinski definition) is 0. The molecule has 1 aliphatic heterocycles. The van der Waals surface area contributed by atoms with Crippen LogP contribution in [0.3, 0.4) is 0 Å². The number of hydrogen-bond donors (Lipinski definition) is 1. The van der Waals surface area contributed by atoms with Gasteiger partial charge >= 0.3 is 0 Å². The summed E-state index contributed by atoms with van der Waals surface area (Å²) in [6, 6.07) is 0.959. The first-order valence-corrected chi connectivity index (χ1v) is 12.2. The number of fused-ring (bicyclic) bond motifs is 5. The predicted octanol–water partition coefficient (Wildman–Crippen LogP) is 5.64. The van der Waals surface area contributed by atoms with E-state index in [1.807, 2.05) is 0 Å². The molecule has 1 saturated heterocycles. The second-order valence-electron chi connectivity index (χ2n) is 11.9. The van der Waals surface area contributed by atoms with Crippen molar-refractivity contribution in [2.24, 2.45) is 46.3 Å². The van der Waals surface area contributed by atoms with Crippen LogP contribution in [0.25, 0.3) is 0 Å². The molecule has 1 nitrogen and oxygen atoms in total. The molecule has 0 unspecified atom stereocenters. The highest BCUT2D eigenvalue weighted by atomic mass is 15.0. The summed E-state index contributed by atoms with van der Waals surface area (Å²) in [5, 5.41) is 2.71. The number of quaternary nitrogens is 1. The minimum atomic E-state index is 0.671. The van der Waals surface area contributed by atoms with Crippen molar-refractivity contribution in [3.8, 4) is 0 Å². The minimum absolute atomic E-state index is 0.671. The van der Waals surface area contributed by atoms with Gasteiger partial charge < -0.3 is 5.32 Å². The van der Waals surface area contributed by atoms with Crippen LogP contribution >= 0.6 is 0 Å². The summed E-state index contributed by atoms with van der Waals surface area (Å²) >= 11 is 0. The highest BCUT2D eigenvalue weighted by Crippen LogP contribution is 2.66. The minimum Gasteiger partial charge on any atom is -0.343 e. The Hall–Kier alpha value is -0.0400. The van der Waals surface area contributed by atoms with E-state index in [0.29, 0.717) is 10.8 Å². The Morgan fingerprint density at radius 3 is 2.38 bits per heavy atom. The predicted molar refractivity (Wildman–Crippen MR) is 111 cm³/mol. The fourth-order valence-electron chi connectivity index (χ4n) is 8.86. The normalized spacial score (nSPS) is 48.9. The fraction of sp³-hybridized carbons (Fsp3) is 1.00. The maximum atomic E-state index is 2.74. The average molecular weight is 361 g/mol. The largest absolute Gasteiger partial charge is 0.343 e. The molecule has 4 aliphatic rings. The van der Waals surface area contributed by atoms with Gasteiger partial charge in [0.15, 0.2) is 0 Å². The third-order valence-electron chi connectivity index (χ3n) is 10.3. The zero-order valence-electron chi connectivity index (χ0n) is 18.4. The standard InChI is InChI=1S/C25H45N/c1-17(2)7-6-8-18(3)20-10-11-21-19-9-12-23-25(5,15-16-26-23)22(19)13-14-24(20,21)4/h17-23,26H,6-16H2,1-5H3/p+1/t18-,19+,20-,21-,22+,23+,24+,25+/m0/s1. The molecule has 8 atom stereocenters. The average Bonchev–Trinajstić information content (AvgIpc) is 3.13. The van der Waals surface area contributed by atoms with Crippen LogP contribution in [-0.2, 0) is 0 Å². The van der Waals surface area contributed by atoms with Gasteiger partial charge in [0.1, 0.15) is 0 Å². The van der Waals surface area contributed by atoms with Crippen LogP contribution in [0.2, 0.25) is 0 Å². The van der Waals surface area contributed by atoms with E-state index in [1.54, 1.807) is 32.1 Å². The van der Waals surface area contributed by atoms with Gasteiger partial charge in [0.05, 0.1) is 12.6 Å². The Morgan fingerprint density at radius 2 is 1.62 bits per heavy atom. The first kappa shape index (κ1) is 19.3. The summed E-state index contributed by atoms with van der Waals surface area (Å²) in [6.45, 7) is 14.2. The number of rotatable bonds is 5. The van der Waals surface area contributed by atoms with Gasteiger partial charge in [0.2, 0.25) is 0 Å². The van der Waals surface area contributed by atoms with Crippen LogP contribution in [0.4, 0.5) is 0 Å². The third kappa shape index (κ3) is 2.99. The van der Waals surface area contributed by atoms with Crippen LogP contribution in [0.15, 0.2) is 0 Å². The molecule has 1 heterocycles. The van der Waals surface area contributed by atoms with Crippen molar-refractivity contribution in [1.29, 1.82) is 0 Å². The van der Waals surface area contributed by atoms with Crippen LogP contribution in [0.5, 0.6) is 0 Å². The Morgan fingerprint density at radius 1 is 0.846 bits per heavy atom. The summed E-state index contributed by atoms with van der Waals surface area (Å²) in [4.78, 5) is 0. The van der Waals surface area contributed by atoms with Gasteiger partial charge in [-0.15, -0.1) is 0 Å². The molecule has 0 radical (unpaired) electrons. The first-order valence-electron chi connectivity index (χ1n) is 12.2. The summed E-state index contributed by atoms with van der Waals surface area (Å²) in [5.41, 5.74) is 1.34. The summed E-state index contributed by atoms with van der Waals surface area (Å²) in [5.74, 6) is 6.01. The first-order chi connectivity index (χ1) is 12.4. The Kier molecular flexibility index (Phi) is 5.26. The number of nitrogens with two attached hydrogens (primary N) is 1. The van der Waals surface area contributed by atoms with Crippen molar-refractivity contribution in [3.63, 3.8) is 0 Å². The fourth-order valence-corrected chi connectivity index (χ4v) is 8.86. The molecule has 3 saturated carbocycles. The smallest absolute Gasteiger partial charge is 0.0918 e. The molecule has 0 spiro atoms. The van der Waals surface area contributed by atoms with E-state index in [0.717, 1.165) is 41.5 Å². The molecule has 3 aliphatic carbocycles. The molecule has 4 fully saturated rings. The molecule has 0 bridgehead atoms. The van der Waals surface area contributed by atoms with Gasteiger partial charge in [-0.1, -0.05) is 53.9 Å². The van der Waals surface area contributed by atoms with Crippen LogP contribution in [0.1, 0.15) is 98.8 Å². The highest BCUT2D eigenvalue weighted by molar-refractivity contribution is 5.09. The lowest BCUT2D eigenvalue weighted by Crippen LogP contribution is -2.89. The van der Waals surface area contributed by atoms with Crippen molar-refractivity contribution in [3.05, 3.63) is 0 Å². The molecular weight excluding hydrogens is 314 g/mol. The molecular formula is C25H46N+. The third-order valence-corrected chi connectivity index (χ3v) is 10.3. The maximum Gasteiger partial charge on any atom is 0.0918 e. The second kappa shape index (κ2) is 7.09. The van der Waals surface area contributed by atoms with E-state index in [9.17, 15) is 0 Å². The Labute approximate surface area is 163 Å².